The highest BCUT2D eigenvalue weighted by Gasteiger charge is 2.20. The topological polar surface area (TPSA) is 176 Å². The lowest BCUT2D eigenvalue weighted by atomic mass is 10.1. The van der Waals surface area contributed by atoms with Crippen LogP contribution in [0.15, 0.2) is 60.7 Å². The van der Waals surface area contributed by atoms with Crippen molar-refractivity contribution in [3.8, 4) is 0 Å². The van der Waals surface area contributed by atoms with Crippen molar-refractivity contribution in [2.24, 2.45) is 11.5 Å². The van der Waals surface area contributed by atoms with Gasteiger partial charge < -0.3 is 32.1 Å². The first-order valence-corrected chi connectivity index (χ1v) is 10.2. The summed E-state index contributed by atoms with van der Waals surface area (Å²) >= 11 is 0. The van der Waals surface area contributed by atoms with Gasteiger partial charge in [-0.15, -0.1) is 0 Å². The Morgan fingerprint density at radius 3 is 1.47 bits per heavy atom. The number of nitrogens with one attached hydrogen (secondary N) is 1. The normalized spacial score (nSPS) is 16.4. The Balaban J connectivity index is 0.000000245. The van der Waals surface area contributed by atoms with Crippen molar-refractivity contribution in [3.63, 3.8) is 0 Å². The van der Waals surface area contributed by atoms with Gasteiger partial charge >= 0.3 is 17.9 Å². The molecule has 1 heterocycles. The molecule has 2 unspecified atom stereocenters. The second-order valence-electron chi connectivity index (χ2n) is 7.26. The molecule has 9 heteroatoms. The van der Waals surface area contributed by atoms with E-state index in [0.717, 1.165) is 30.5 Å². The summed E-state index contributed by atoms with van der Waals surface area (Å²) in [6.07, 6.45) is 2.55. The first kappa shape index (κ1) is 26.8. The highest BCUT2D eigenvalue weighted by atomic mass is 16.4. The molecule has 1 fully saturated rings. The molecule has 1 aliphatic heterocycles. The molecule has 1 saturated heterocycles. The summed E-state index contributed by atoms with van der Waals surface area (Å²) in [6.45, 7) is 0.858. The van der Waals surface area contributed by atoms with Gasteiger partial charge in [0.2, 0.25) is 0 Å². The van der Waals surface area contributed by atoms with E-state index in [-0.39, 0.29) is 6.04 Å². The van der Waals surface area contributed by atoms with Crippen LogP contribution in [0, 0.1) is 0 Å². The van der Waals surface area contributed by atoms with Gasteiger partial charge in [-0.05, 0) is 43.4 Å². The van der Waals surface area contributed by atoms with Gasteiger partial charge in [0.25, 0.3) is 0 Å². The van der Waals surface area contributed by atoms with Gasteiger partial charge in [0.05, 0.1) is 0 Å². The zero-order valence-electron chi connectivity index (χ0n) is 17.8. The van der Waals surface area contributed by atoms with Gasteiger partial charge in [0.1, 0.15) is 18.1 Å². The lowest BCUT2D eigenvalue weighted by Gasteiger charge is -2.04. The van der Waals surface area contributed by atoms with Crippen LogP contribution in [0.3, 0.4) is 0 Å². The van der Waals surface area contributed by atoms with Gasteiger partial charge in [-0.25, -0.2) is 0 Å². The van der Waals surface area contributed by atoms with Crippen molar-refractivity contribution in [1.29, 1.82) is 0 Å². The van der Waals surface area contributed by atoms with Crippen LogP contribution in [-0.4, -0.2) is 57.9 Å². The summed E-state index contributed by atoms with van der Waals surface area (Å²) in [4.78, 5) is 30.9. The lowest BCUT2D eigenvalue weighted by molar-refractivity contribution is -0.139. The Labute approximate surface area is 187 Å². The van der Waals surface area contributed by atoms with E-state index in [1.165, 1.54) is 0 Å². The number of carboxylic acids is 3. The van der Waals surface area contributed by atoms with E-state index < -0.39 is 30.0 Å². The zero-order chi connectivity index (χ0) is 23.9. The average Bonchev–Trinajstić information content (AvgIpc) is 3.31. The average molecular weight is 446 g/mol. The molecule has 0 spiro atoms. The fourth-order valence-corrected chi connectivity index (χ4v) is 2.81. The number of rotatable bonds is 7. The molecule has 8 N–H and O–H groups in total. The van der Waals surface area contributed by atoms with E-state index in [9.17, 15) is 14.4 Å². The van der Waals surface area contributed by atoms with Crippen LogP contribution in [0.25, 0.3) is 0 Å². The number of nitrogens with two attached hydrogens (primary N) is 2. The number of aliphatic carboxylic acids is 3. The van der Waals surface area contributed by atoms with Gasteiger partial charge in [-0.2, -0.15) is 0 Å². The van der Waals surface area contributed by atoms with Crippen LogP contribution in [0.4, 0.5) is 0 Å². The second-order valence-corrected chi connectivity index (χ2v) is 7.26. The number of benzene rings is 2. The second kappa shape index (κ2) is 14.7. The van der Waals surface area contributed by atoms with E-state index in [0.29, 0.717) is 12.8 Å². The van der Waals surface area contributed by atoms with Crippen molar-refractivity contribution < 1.29 is 29.7 Å². The number of hydrogen-bond donors (Lipinski definition) is 6. The third kappa shape index (κ3) is 11.2. The molecule has 9 nitrogen and oxygen atoms in total. The molecule has 0 aromatic heterocycles. The number of hydrogen-bond acceptors (Lipinski definition) is 6. The van der Waals surface area contributed by atoms with Crippen molar-refractivity contribution in [2.45, 2.75) is 43.8 Å². The van der Waals surface area contributed by atoms with Crippen LogP contribution in [0.1, 0.15) is 24.0 Å². The van der Waals surface area contributed by atoms with Crippen molar-refractivity contribution in [1.82, 2.24) is 5.32 Å². The molecular formula is C23H31N3O6. The van der Waals surface area contributed by atoms with Crippen LogP contribution >= 0.6 is 0 Å². The van der Waals surface area contributed by atoms with Gasteiger partial charge in [-0.3, -0.25) is 14.4 Å². The van der Waals surface area contributed by atoms with Crippen LogP contribution in [0.2, 0.25) is 0 Å². The van der Waals surface area contributed by atoms with E-state index in [4.69, 9.17) is 26.8 Å². The van der Waals surface area contributed by atoms with E-state index in [2.05, 4.69) is 5.32 Å². The molecule has 2 aromatic rings. The maximum absolute atomic E-state index is 10.4. The molecule has 0 bridgehead atoms. The smallest absolute Gasteiger partial charge is 0.320 e. The van der Waals surface area contributed by atoms with Crippen LogP contribution in [-0.2, 0) is 27.2 Å². The monoisotopic (exact) mass is 445 g/mol. The Morgan fingerprint density at radius 2 is 1.22 bits per heavy atom. The largest absolute Gasteiger partial charge is 0.480 e. The third-order valence-electron chi connectivity index (χ3n) is 4.59. The summed E-state index contributed by atoms with van der Waals surface area (Å²) in [5.74, 6) is -2.64. The fourth-order valence-electron chi connectivity index (χ4n) is 2.81. The summed E-state index contributed by atoms with van der Waals surface area (Å²) in [6, 6.07) is 16.8. The molecule has 0 radical (unpaired) electrons. The van der Waals surface area contributed by atoms with E-state index in [1.54, 1.807) is 0 Å². The minimum absolute atomic E-state index is 0.269. The van der Waals surface area contributed by atoms with Crippen molar-refractivity contribution in [2.75, 3.05) is 6.54 Å². The standard InChI is InChI=1S/2C9H11NO2.C5H9NO2/c2*10-8(9(11)12)6-7-4-2-1-3-5-7;7-5(8)4-2-1-3-6-4/h2*1-5,8H,6,10H2,(H,11,12);4,6H,1-3H2,(H,7,8)/t;;4-/m..0/s1. The minimum Gasteiger partial charge on any atom is -0.480 e. The zero-order valence-corrected chi connectivity index (χ0v) is 17.8. The Morgan fingerprint density at radius 1 is 0.812 bits per heavy atom. The summed E-state index contributed by atoms with van der Waals surface area (Å²) in [5.41, 5.74) is 12.6. The molecule has 0 amide bonds. The molecule has 3 atom stereocenters. The predicted molar refractivity (Wildman–Crippen MR) is 120 cm³/mol. The molecule has 0 saturated carbocycles. The fraction of sp³-hybridized carbons (Fsp3) is 0.348. The summed E-state index contributed by atoms with van der Waals surface area (Å²) in [5, 5.41) is 28.2. The molecular weight excluding hydrogens is 414 g/mol. The van der Waals surface area contributed by atoms with Gasteiger partial charge in [-0.1, -0.05) is 60.7 Å². The first-order chi connectivity index (χ1) is 15.2. The van der Waals surface area contributed by atoms with Crippen LogP contribution < -0.4 is 16.8 Å². The number of carboxylic acid groups (broad SMARTS) is 3. The molecule has 3 rings (SSSR count). The quantitative estimate of drug-likeness (QED) is 0.364. The van der Waals surface area contributed by atoms with E-state index in [1.807, 2.05) is 60.7 Å². The summed E-state index contributed by atoms with van der Waals surface area (Å²) < 4.78 is 0. The molecule has 0 aliphatic carbocycles. The predicted octanol–water partition coefficient (Wildman–Crippen LogP) is 1.11. The van der Waals surface area contributed by atoms with Crippen molar-refractivity contribution >= 4 is 17.9 Å². The molecule has 1 aliphatic rings. The molecule has 32 heavy (non-hydrogen) atoms. The van der Waals surface area contributed by atoms with Crippen molar-refractivity contribution in [3.05, 3.63) is 71.8 Å². The summed E-state index contributed by atoms with van der Waals surface area (Å²) in [7, 11) is 0. The highest BCUT2D eigenvalue weighted by molar-refractivity contribution is 5.74. The Bertz CT molecular complexity index is 769. The highest BCUT2D eigenvalue weighted by Crippen LogP contribution is 2.04. The molecule has 2 aromatic carbocycles. The Hall–Kier alpha value is -3.27. The van der Waals surface area contributed by atoms with Crippen LogP contribution in [0.5, 0.6) is 0 Å². The maximum atomic E-state index is 10.4. The number of carbonyl (C=O) groups is 3. The van der Waals surface area contributed by atoms with Gasteiger partial charge in [0, 0.05) is 0 Å². The lowest BCUT2D eigenvalue weighted by Crippen LogP contribution is -2.32. The minimum atomic E-state index is -0.959. The maximum Gasteiger partial charge on any atom is 0.320 e. The SMILES string of the molecule is NC(Cc1ccccc1)C(=O)O.NC(Cc1ccccc1)C(=O)O.O=C(O)[C@@H]1CCCN1. The molecule has 174 valence electrons. The Kier molecular flexibility index (Phi) is 12.3. The third-order valence-corrected chi connectivity index (χ3v) is 4.59. The van der Waals surface area contributed by atoms with E-state index >= 15 is 0 Å². The van der Waals surface area contributed by atoms with Gasteiger partial charge in [0.15, 0.2) is 0 Å². The first-order valence-electron chi connectivity index (χ1n) is 10.2.